The molecule has 1 aromatic carbocycles. The molecular formula is C22H22FN5O. The molecule has 1 aliphatic rings. The van der Waals surface area contributed by atoms with Gasteiger partial charge >= 0.3 is 0 Å². The van der Waals surface area contributed by atoms with Crippen molar-refractivity contribution in [3.63, 3.8) is 0 Å². The number of nitrogens with zero attached hydrogens (tertiary/aromatic N) is 4. The Bertz CT molecular complexity index is 980. The smallest absolute Gasteiger partial charge is 0.241 e. The molecule has 7 heteroatoms. The summed E-state index contributed by atoms with van der Waals surface area (Å²) in [7, 11) is 0. The molecule has 2 atom stereocenters. The van der Waals surface area contributed by atoms with Gasteiger partial charge in [0.15, 0.2) is 0 Å². The Kier molecular flexibility index (Phi) is 5.57. The summed E-state index contributed by atoms with van der Waals surface area (Å²) in [5.74, 6) is -0.205. The van der Waals surface area contributed by atoms with Crippen molar-refractivity contribution in [2.24, 2.45) is 0 Å². The number of aromatic nitrogens is 3. The third kappa shape index (κ3) is 4.46. The van der Waals surface area contributed by atoms with Gasteiger partial charge in [0.25, 0.3) is 0 Å². The van der Waals surface area contributed by atoms with Gasteiger partial charge in [-0.2, -0.15) is 0 Å². The zero-order valence-electron chi connectivity index (χ0n) is 16.1. The first kappa shape index (κ1) is 19.1. The normalized spacial score (nSPS) is 19.2. The van der Waals surface area contributed by atoms with Crippen molar-refractivity contribution in [3.8, 4) is 11.1 Å². The van der Waals surface area contributed by atoms with E-state index >= 15 is 0 Å². The van der Waals surface area contributed by atoms with E-state index in [-0.39, 0.29) is 18.9 Å². The molecule has 6 nitrogen and oxygen atoms in total. The van der Waals surface area contributed by atoms with Crippen LogP contribution in [0.4, 0.5) is 10.1 Å². The zero-order chi connectivity index (χ0) is 20.2. The third-order valence-corrected chi connectivity index (χ3v) is 5.16. The molecule has 29 heavy (non-hydrogen) atoms. The lowest BCUT2D eigenvalue weighted by atomic mass is 10.1. The van der Waals surface area contributed by atoms with Gasteiger partial charge in [-0.05, 0) is 42.3 Å². The fourth-order valence-corrected chi connectivity index (χ4v) is 3.60. The number of amides is 1. The van der Waals surface area contributed by atoms with Crippen LogP contribution in [0, 0.1) is 6.92 Å². The minimum absolute atomic E-state index is 0.181. The molecule has 3 aromatic rings. The number of carbonyl (C=O) groups excluding carboxylic acids is 1. The molecule has 0 unspecified atom stereocenters. The maximum absolute atomic E-state index is 14.1. The van der Waals surface area contributed by atoms with Crippen LogP contribution in [0.3, 0.4) is 0 Å². The van der Waals surface area contributed by atoms with Crippen LogP contribution in [-0.4, -0.2) is 44.5 Å². The highest BCUT2D eigenvalue weighted by molar-refractivity contribution is 5.95. The van der Waals surface area contributed by atoms with Crippen molar-refractivity contribution in [3.05, 3.63) is 72.6 Å². The number of hydrogen-bond acceptors (Lipinski definition) is 5. The fraction of sp³-hybridized carbons (Fsp3) is 0.273. The van der Waals surface area contributed by atoms with Crippen molar-refractivity contribution in [2.75, 3.05) is 11.9 Å². The average Bonchev–Trinajstić information content (AvgIpc) is 3.11. The first-order chi connectivity index (χ1) is 14.1. The molecule has 1 saturated heterocycles. The van der Waals surface area contributed by atoms with E-state index in [0.29, 0.717) is 12.2 Å². The summed E-state index contributed by atoms with van der Waals surface area (Å²) in [4.78, 5) is 27.2. The second-order valence-corrected chi connectivity index (χ2v) is 7.17. The zero-order valence-corrected chi connectivity index (χ0v) is 16.1. The van der Waals surface area contributed by atoms with Crippen LogP contribution in [-0.2, 0) is 11.3 Å². The number of nitrogens with one attached hydrogen (secondary N) is 1. The maximum atomic E-state index is 14.1. The van der Waals surface area contributed by atoms with Gasteiger partial charge in [-0.1, -0.05) is 12.1 Å². The summed E-state index contributed by atoms with van der Waals surface area (Å²) in [5, 5.41) is 2.92. The van der Waals surface area contributed by atoms with Crippen molar-refractivity contribution in [1.29, 1.82) is 0 Å². The number of anilines is 1. The van der Waals surface area contributed by atoms with Crippen LogP contribution in [0.25, 0.3) is 11.1 Å². The van der Waals surface area contributed by atoms with Crippen LogP contribution in [0.1, 0.15) is 17.8 Å². The summed E-state index contributed by atoms with van der Waals surface area (Å²) in [6.07, 6.45) is 5.88. The topological polar surface area (TPSA) is 71.0 Å². The van der Waals surface area contributed by atoms with Gasteiger partial charge in [-0.25, -0.2) is 4.39 Å². The number of pyridine rings is 1. The lowest BCUT2D eigenvalue weighted by Crippen LogP contribution is -2.39. The van der Waals surface area contributed by atoms with Gasteiger partial charge in [0.1, 0.15) is 6.17 Å². The van der Waals surface area contributed by atoms with Crippen LogP contribution >= 0.6 is 0 Å². The molecule has 0 saturated carbocycles. The number of benzene rings is 1. The van der Waals surface area contributed by atoms with E-state index < -0.39 is 12.2 Å². The summed E-state index contributed by atoms with van der Waals surface area (Å²) < 4.78 is 14.1. The highest BCUT2D eigenvalue weighted by Gasteiger charge is 2.37. The largest absolute Gasteiger partial charge is 0.325 e. The lowest BCUT2D eigenvalue weighted by Gasteiger charge is -2.23. The number of halogens is 1. The molecule has 0 aliphatic carbocycles. The molecule has 0 bridgehead atoms. The van der Waals surface area contributed by atoms with Crippen LogP contribution < -0.4 is 5.32 Å². The molecule has 1 N–H and O–H groups in total. The van der Waals surface area contributed by atoms with E-state index in [2.05, 4.69) is 20.3 Å². The molecule has 0 spiro atoms. The molecule has 3 heterocycles. The third-order valence-electron chi connectivity index (χ3n) is 5.16. The molecule has 0 radical (unpaired) electrons. The Labute approximate surface area is 168 Å². The van der Waals surface area contributed by atoms with Gasteiger partial charge in [0.2, 0.25) is 5.91 Å². The van der Waals surface area contributed by atoms with E-state index in [1.54, 1.807) is 24.8 Å². The molecule has 4 rings (SSSR count). The second-order valence-electron chi connectivity index (χ2n) is 7.17. The van der Waals surface area contributed by atoms with Crippen molar-refractivity contribution in [2.45, 2.75) is 32.1 Å². The number of rotatable bonds is 5. The summed E-state index contributed by atoms with van der Waals surface area (Å²) in [6, 6.07) is 10.9. The van der Waals surface area contributed by atoms with Gasteiger partial charge < -0.3 is 5.32 Å². The Morgan fingerprint density at radius 2 is 1.76 bits per heavy atom. The monoisotopic (exact) mass is 391 g/mol. The first-order valence-corrected chi connectivity index (χ1v) is 9.56. The fourth-order valence-electron chi connectivity index (χ4n) is 3.60. The molecule has 1 amide bonds. The minimum Gasteiger partial charge on any atom is -0.325 e. The van der Waals surface area contributed by atoms with Crippen molar-refractivity contribution >= 4 is 11.6 Å². The number of carbonyl (C=O) groups is 1. The first-order valence-electron chi connectivity index (χ1n) is 9.56. The lowest BCUT2D eigenvalue weighted by molar-refractivity contribution is -0.120. The van der Waals surface area contributed by atoms with Crippen molar-refractivity contribution < 1.29 is 9.18 Å². The van der Waals surface area contributed by atoms with E-state index in [1.807, 2.05) is 48.2 Å². The number of alkyl halides is 1. The number of aryl methyl sites for hydroxylation is 1. The van der Waals surface area contributed by atoms with Gasteiger partial charge in [0.05, 0.1) is 17.4 Å². The van der Waals surface area contributed by atoms with E-state index in [1.165, 1.54) is 0 Å². The van der Waals surface area contributed by atoms with Crippen LogP contribution in [0.5, 0.6) is 0 Å². The summed E-state index contributed by atoms with van der Waals surface area (Å²) in [5.41, 5.74) is 4.34. The number of hydrogen-bond donors (Lipinski definition) is 1. The van der Waals surface area contributed by atoms with Gasteiger partial charge in [-0.3, -0.25) is 24.6 Å². The predicted octanol–water partition coefficient (Wildman–Crippen LogP) is 3.40. The Morgan fingerprint density at radius 3 is 2.48 bits per heavy atom. The van der Waals surface area contributed by atoms with Crippen LogP contribution in [0.2, 0.25) is 0 Å². The maximum Gasteiger partial charge on any atom is 0.241 e. The van der Waals surface area contributed by atoms with E-state index in [9.17, 15) is 9.18 Å². The van der Waals surface area contributed by atoms with Crippen molar-refractivity contribution in [1.82, 2.24) is 19.9 Å². The highest BCUT2D eigenvalue weighted by Crippen LogP contribution is 2.25. The highest BCUT2D eigenvalue weighted by atomic mass is 19.1. The molecule has 148 valence electrons. The second kappa shape index (κ2) is 8.45. The minimum atomic E-state index is -1.03. The average molecular weight is 391 g/mol. The quantitative estimate of drug-likeness (QED) is 0.722. The Hall–Kier alpha value is -3.19. The summed E-state index contributed by atoms with van der Waals surface area (Å²) >= 11 is 0. The molecular weight excluding hydrogens is 369 g/mol. The van der Waals surface area contributed by atoms with Gasteiger partial charge in [0, 0.05) is 50.0 Å². The molecule has 2 aromatic heterocycles. The Balaban J connectivity index is 1.44. The number of likely N-dealkylation sites (tertiary alicyclic amines) is 1. The SMILES string of the molecule is Cc1nccnc1CN1C[C@@H](F)C[C@@H]1C(=O)Nc1ccc(-c2ccncc2)cc1. The summed E-state index contributed by atoms with van der Waals surface area (Å²) in [6.45, 7) is 2.49. The Morgan fingerprint density at radius 1 is 1.07 bits per heavy atom. The molecule has 1 aliphatic heterocycles. The van der Waals surface area contributed by atoms with E-state index in [0.717, 1.165) is 22.5 Å². The van der Waals surface area contributed by atoms with Crippen LogP contribution in [0.15, 0.2) is 61.2 Å². The predicted molar refractivity (Wildman–Crippen MR) is 109 cm³/mol. The standard InChI is InChI=1S/C22H22FN5O/c1-15-20(26-11-10-25-15)14-28-13-18(23)12-21(28)22(29)27-19-4-2-16(3-5-19)17-6-8-24-9-7-17/h2-11,18,21H,12-14H2,1H3,(H,27,29)/t18-,21+/m0/s1. The van der Waals surface area contributed by atoms with E-state index in [4.69, 9.17) is 0 Å². The molecule has 1 fully saturated rings. The van der Waals surface area contributed by atoms with Gasteiger partial charge in [-0.15, -0.1) is 0 Å².